The van der Waals surface area contributed by atoms with Gasteiger partial charge >= 0.3 is 0 Å². The topological polar surface area (TPSA) is 20.2 Å². The Morgan fingerprint density at radius 3 is 2.45 bits per heavy atom. The summed E-state index contributed by atoms with van der Waals surface area (Å²) in [6.45, 7) is 4.38. The summed E-state index contributed by atoms with van der Waals surface area (Å²) in [4.78, 5) is 2.56. The molecule has 1 aromatic carbocycles. The Hall–Kier alpha value is -0.770. The molecule has 2 aromatic rings. The van der Waals surface area contributed by atoms with E-state index in [4.69, 9.17) is 0 Å². The molecular weight excluding hydrogens is 284 g/mol. The van der Waals surface area contributed by atoms with E-state index in [9.17, 15) is 5.11 Å². The maximum atomic E-state index is 10.6. The van der Waals surface area contributed by atoms with Gasteiger partial charge < -0.3 is 5.11 Å². The number of hydrogen-bond donors (Lipinski definition) is 1. The van der Waals surface area contributed by atoms with Crippen LogP contribution in [-0.4, -0.2) is 10.9 Å². The van der Waals surface area contributed by atoms with Crippen LogP contribution in [0.25, 0.3) is 0 Å². The van der Waals surface area contributed by atoms with E-state index in [0.29, 0.717) is 5.92 Å². The Kier molecular flexibility index (Phi) is 4.20. The van der Waals surface area contributed by atoms with Crippen molar-refractivity contribution in [3.05, 3.63) is 56.8 Å². The molecule has 0 amide bonds. The standard InChI is InChI=1S/C17H20OS2/c1-11(2)12-3-5-13(6-4-12)17(18)16-9-14-10-19-8-7-15(14)20-16/h3-6,9,11,17-18H,7-8,10H2,1-2H3. The molecule has 1 aliphatic heterocycles. The van der Waals surface area contributed by atoms with Gasteiger partial charge in [-0.1, -0.05) is 38.1 Å². The van der Waals surface area contributed by atoms with E-state index in [2.05, 4.69) is 44.2 Å². The summed E-state index contributed by atoms with van der Waals surface area (Å²) >= 11 is 3.77. The second-order valence-electron chi connectivity index (χ2n) is 5.62. The first-order valence-corrected chi connectivity index (χ1v) is 9.09. The van der Waals surface area contributed by atoms with Gasteiger partial charge in [-0.3, -0.25) is 0 Å². The van der Waals surface area contributed by atoms with Gasteiger partial charge in [-0.2, -0.15) is 11.8 Å². The average molecular weight is 304 g/mol. The second kappa shape index (κ2) is 5.92. The fraction of sp³-hybridized carbons (Fsp3) is 0.412. The van der Waals surface area contributed by atoms with Crippen molar-refractivity contribution < 1.29 is 5.11 Å². The molecule has 106 valence electrons. The first kappa shape index (κ1) is 14.2. The third kappa shape index (κ3) is 2.80. The van der Waals surface area contributed by atoms with Gasteiger partial charge in [0.25, 0.3) is 0 Å². The monoisotopic (exact) mass is 304 g/mol. The van der Waals surface area contributed by atoms with Crippen LogP contribution < -0.4 is 0 Å². The normalized spacial score (nSPS) is 16.2. The first-order valence-electron chi connectivity index (χ1n) is 7.12. The number of thioether (sulfide) groups is 1. The number of aliphatic hydroxyl groups is 1. The first-order chi connectivity index (χ1) is 9.65. The van der Waals surface area contributed by atoms with Gasteiger partial charge in [-0.05, 0) is 40.8 Å². The Balaban J connectivity index is 1.84. The third-order valence-corrected chi connectivity index (χ3v) is 6.13. The Morgan fingerprint density at radius 1 is 1.10 bits per heavy atom. The highest BCUT2D eigenvalue weighted by atomic mass is 32.2. The van der Waals surface area contributed by atoms with Crippen molar-refractivity contribution in [3.63, 3.8) is 0 Å². The molecule has 0 radical (unpaired) electrons. The molecule has 0 aliphatic carbocycles. The summed E-state index contributed by atoms with van der Waals surface area (Å²) in [6.07, 6.45) is 0.681. The fourth-order valence-corrected chi connectivity index (χ4v) is 4.92. The second-order valence-corrected chi connectivity index (χ2v) is 7.90. The Morgan fingerprint density at radius 2 is 1.80 bits per heavy atom. The highest BCUT2D eigenvalue weighted by Gasteiger charge is 2.19. The summed E-state index contributed by atoms with van der Waals surface area (Å²) in [5, 5.41) is 10.6. The van der Waals surface area contributed by atoms with Crippen molar-refractivity contribution in [1.29, 1.82) is 0 Å². The Labute approximate surface area is 129 Å². The van der Waals surface area contributed by atoms with Crippen molar-refractivity contribution in [2.45, 2.75) is 38.0 Å². The lowest BCUT2D eigenvalue weighted by Crippen LogP contribution is -1.98. The van der Waals surface area contributed by atoms with E-state index in [1.807, 2.05) is 11.8 Å². The van der Waals surface area contributed by atoms with Gasteiger partial charge in [0.05, 0.1) is 0 Å². The van der Waals surface area contributed by atoms with Gasteiger partial charge in [0, 0.05) is 15.5 Å². The van der Waals surface area contributed by atoms with Crippen molar-refractivity contribution in [3.8, 4) is 0 Å². The number of thiophene rings is 1. The molecule has 1 aromatic heterocycles. The minimum atomic E-state index is -0.475. The van der Waals surface area contributed by atoms with Gasteiger partial charge in [-0.15, -0.1) is 11.3 Å². The van der Waals surface area contributed by atoms with Crippen molar-refractivity contribution >= 4 is 23.1 Å². The lowest BCUT2D eigenvalue weighted by Gasteiger charge is -2.11. The zero-order valence-corrected chi connectivity index (χ0v) is 13.6. The summed E-state index contributed by atoms with van der Waals surface area (Å²) in [7, 11) is 0. The predicted molar refractivity (Wildman–Crippen MR) is 88.8 cm³/mol. The van der Waals surface area contributed by atoms with Crippen LogP contribution in [0.2, 0.25) is 0 Å². The number of rotatable bonds is 3. The van der Waals surface area contributed by atoms with E-state index >= 15 is 0 Å². The van der Waals surface area contributed by atoms with Gasteiger partial charge in [0.1, 0.15) is 6.10 Å². The lowest BCUT2D eigenvalue weighted by molar-refractivity contribution is 0.224. The predicted octanol–water partition coefficient (Wildman–Crippen LogP) is 4.74. The molecule has 0 spiro atoms. The molecule has 0 saturated heterocycles. The molecule has 20 heavy (non-hydrogen) atoms. The molecule has 0 saturated carbocycles. The maximum Gasteiger partial charge on any atom is 0.113 e. The molecule has 3 heteroatoms. The minimum absolute atomic E-state index is 0.475. The molecule has 0 bridgehead atoms. The highest BCUT2D eigenvalue weighted by molar-refractivity contribution is 7.98. The number of aryl methyl sites for hydroxylation is 1. The summed E-state index contributed by atoms with van der Waals surface area (Å²) in [5.41, 5.74) is 3.75. The third-order valence-electron chi connectivity index (χ3n) is 3.84. The smallest absolute Gasteiger partial charge is 0.113 e. The van der Waals surface area contributed by atoms with Crippen LogP contribution >= 0.6 is 23.1 Å². The van der Waals surface area contributed by atoms with Gasteiger partial charge in [0.15, 0.2) is 0 Å². The fourth-order valence-electron chi connectivity index (χ4n) is 2.53. The van der Waals surface area contributed by atoms with E-state index in [0.717, 1.165) is 22.6 Å². The molecule has 3 rings (SSSR count). The summed E-state index contributed by atoms with van der Waals surface area (Å²) in [6, 6.07) is 10.6. The van der Waals surface area contributed by atoms with Gasteiger partial charge in [-0.25, -0.2) is 0 Å². The number of aliphatic hydroxyl groups excluding tert-OH is 1. The zero-order chi connectivity index (χ0) is 14.1. The van der Waals surface area contributed by atoms with Crippen LogP contribution in [-0.2, 0) is 12.2 Å². The number of hydrogen-bond acceptors (Lipinski definition) is 3. The molecule has 1 atom stereocenters. The molecule has 0 fully saturated rings. The maximum absolute atomic E-state index is 10.6. The van der Waals surface area contributed by atoms with E-state index in [-0.39, 0.29) is 0 Å². The van der Waals surface area contributed by atoms with Crippen LogP contribution in [0.4, 0.5) is 0 Å². The van der Waals surface area contributed by atoms with E-state index in [1.54, 1.807) is 11.3 Å². The molecule has 1 nitrogen and oxygen atoms in total. The Bertz CT molecular complexity index is 560. The van der Waals surface area contributed by atoms with Crippen LogP contribution in [0.3, 0.4) is 0 Å². The van der Waals surface area contributed by atoms with Crippen LogP contribution in [0.5, 0.6) is 0 Å². The largest absolute Gasteiger partial charge is 0.383 e. The van der Waals surface area contributed by atoms with Gasteiger partial charge in [0.2, 0.25) is 0 Å². The summed E-state index contributed by atoms with van der Waals surface area (Å²) < 4.78 is 0. The molecular formula is C17H20OS2. The molecule has 1 N–H and O–H groups in total. The average Bonchev–Trinajstić information content (AvgIpc) is 2.90. The van der Waals surface area contributed by atoms with E-state index < -0.39 is 6.10 Å². The quantitative estimate of drug-likeness (QED) is 0.883. The van der Waals surface area contributed by atoms with E-state index in [1.165, 1.54) is 21.8 Å². The lowest BCUT2D eigenvalue weighted by atomic mass is 9.99. The zero-order valence-electron chi connectivity index (χ0n) is 11.9. The van der Waals surface area contributed by atoms with Crippen molar-refractivity contribution in [2.75, 3.05) is 5.75 Å². The number of fused-ring (bicyclic) bond motifs is 1. The van der Waals surface area contributed by atoms with Crippen molar-refractivity contribution in [2.24, 2.45) is 0 Å². The van der Waals surface area contributed by atoms with Crippen LogP contribution in [0, 0.1) is 0 Å². The molecule has 1 aliphatic rings. The highest BCUT2D eigenvalue weighted by Crippen LogP contribution is 2.36. The van der Waals surface area contributed by atoms with Crippen LogP contribution in [0.15, 0.2) is 30.3 Å². The van der Waals surface area contributed by atoms with Crippen LogP contribution in [0.1, 0.15) is 52.3 Å². The number of benzene rings is 1. The minimum Gasteiger partial charge on any atom is -0.383 e. The summed E-state index contributed by atoms with van der Waals surface area (Å²) in [5.74, 6) is 2.85. The van der Waals surface area contributed by atoms with Crippen molar-refractivity contribution in [1.82, 2.24) is 0 Å². The molecule has 1 unspecified atom stereocenters. The SMILES string of the molecule is CC(C)c1ccc(C(O)c2cc3c(s2)CCSC3)cc1. The molecule has 2 heterocycles.